The maximum Gasteiger partial charge on any atom is 0.0519 e. The second kappa shape index (κ2) is 5.36. The Morgan fingerprint density at radius 2 is 1.83 bits per heavy atom. The SMILES string of the molecule is CC(C)OCC/C=C/C(C)(C)C. The molecule has 0 rings (SSSR count). The molecule has 0 bridgehead atoms. The highest BCUT2D eigenvalue weighted by atomic mass is 16.5. The molecule has 12 heavy (non-hydrogen) atoms. The van der Waals surface area contributed by atoms with E-state index in [1.165, 1.54) is 0 Å². The Hall–Kier alpha value is -0.300. The van der Waals surface area contributed by atoms with E-state index in [1.54, 1.807) is 0 Å². The highest BCUT2D eigenvalue weighted by Gasteiger charge is 2.02. The van der Waals surface area contributed by atoms with Gasteiger partial charge in [-0.1, -0.05) is 32.9 Å². The largest absolute Gasteiger partial charge is 0.378 e. The number of ether oxygens (including phenoxy) is 1. The van der Waals surface area contributed by atoms with Gasteiger partial charge < -0.3 is 4.74 Å². The van der Waals surface area contributed by atoms with E-state index in [1.807, 2.05) is 0 Å². The van der Waals surface area contributed by atoms with Crippen molar-refractivity contribution in [2.75, 3.05) is 6.61 Å². The van der Waals surface area contributed by atoms with E-state index >= 15 is 0 Å². The van der Waals surface area contributed by atoms with Crippen LogP contribution in [-0.4, -0.2) is 12.7 Å². The van der Waals surface area contributed by atoms with E-state index in [9.17, 15) is 0 Å². The summed E-state index contributed by atoms with van der Waals surface area (Å²) < 4.78 is 5.41. The molecule has 0 saturated carbocycles. The Kier molecular flexibility index (Phi) is 5.23. The molecule has 0 unspecified atom stereocenters. The predicted octanol–water partition coefficient (Wildman–Crippen LogP) is 3.40. The van der Waals surface area contributed by atoms with E-state index in [0.717, 1.165) is 13.0 Å². The predicted molar refractivity (Wildman–Crippen MR) is 54.3 cm³/mol. The third-order valence-corrected chi connectivity index (χ3v) is 1.35. The molecule has 0 aromatic rings. The summed E-state index contributed by atoms with van der Waals surface area (Å²) in [6.07, 6.45) is 5.81. The Balaban J connectivity index is 3.37. The Morgan fingerprint density at radius 1 is 1.25 bits per heavy atom. The fraction of sp³-hybridized carbons (Fsp3) is 0.818. The van der Waals surface area contributed by atoms with E-state index in [4.69, 9.17) is 4.74 Å². The average Bonchev–Trinajstić information content (AvgIpc) is 1.83. The molecule has 0 fully saturated rings. The lowest BCUT2D eigenvalue weighted by atomic mass is 9.96. The fourth-order valence-electron chi connectivity index (χ4n) is 0.809. The zero-order chi connectivity index (χ0) is 9.61. The van der Waals surface area contributed by atoms with Gasteiger partial charge in [-0.25, -0.2) is 0 Å². The van der Waals surface area contributed by atoms with Gasteiger partial charge in [0.05, 0.1) is 12.7 Å². The van der Waals surface area contributed by atoms with Crippen molar-refractivity contribution in [3.63, 3.8) is 0 Å². The Morgan fingerprint density at radius 3 is 2.25 bits per heavy atom. The van der Waals surface area contributed by atoms with Crippen LogP contribution in [0.2, 0.25) is 0 Å². The summed E-state index contributed by atoms with van der Waals surface area (Å²) in [5.74, 6) is 0. The maximum absolute atomic E-state index is 5.41. The monoisotopic (exact) mass is 170 g/mol. The first-order chi connectivity index (χ1) is 5.42. The molecule has 0 saturated heterocycles. The molecule has 0 aliphatic heterocycles. The van der Waals surface area contributed by atoms with E-state index in [2.05, 4.69) is 46.8 Å². The highest BCUT2D eigenvalue weighted by Crippen LogP contribution is 2.14. The third kappa shape index (κ3) is 9.70. The summed E-state index contributed by atoms with van der Waals surface area (Å²) in [6, 6.07) is 0. The summed E-state index contributed by atoms with van der Waals surface area (Å²) in [7, 11) is 0. The minimum atomic E-state index is 0.303. The molecule has 0 amide bonds. The molecule has 72 valence electrons. The third-order valence-electron chi connectivity index (χ3n) is 1.35. The summed E-state index contributed by atoms with van der Waals surface area (Å²) in [5, 5.41) is 0. The van der Waals surface area contributed by atoms with E-state index in [-0.39, 0.29) is 0 Å². The van der Waals surface area contributed by atoms with Gasteiger partial charge in [0.25, 0.3) is 0 Å². The van der Waals surface area contributed by atoms with Crippen molar-refractivity contribution in [2.45, 2.75) is 47.1 Å². The van der Waals surface area contributed by atoms with Gasteiger partial charge in [-0.15, -0.1) is 0 Å². The van der Waals surface area contributed by atoms with Gasteiger partial charge in [-0.2, -0.15) is 0 Å². The van der Waals surface area contributed by atoms with Crippen LogP contribution in [0.1, 0.15) is 41.0 Å². The molecular weight excluding hydrogens is 148 g/mol. The smallest absolute Gasteiger partial charge is 0.0519 e. The molecule has 0 N–H and O–H groups in total. The van der Waals surface area contributed by atoms with Crippen LogP contribution in [0.25, 0.3) is 0 Å². The van der Waals surface area contributed by atoms with Gasteiger partial charge in [-0.05, 0) is 25.7 Å². The first kappa shape index (κ1) is 11.7. The highest BCUT2D eigenvalue weighted by molar-refractivity contribution is 4.91. The number of rotatable bonds is 4. The lowest BCUT2D eigenvalue weighted by Gasteiger charge is -2.11. The Labute approximate surface area is 76.8 Å². The maximum atomic E-state index is 5.41. The van der Waals surface area contributed by atoms with Crippen molar-refractivity contribution in [1.82, 2.24) is 0 Å². The molecule has 1 heteroatoms. The topological polar surface area (TPSA) is 9.23 Å². The van der Waals surface area contributed by atoms with E-state index < -0.39 is 0 Å². The van der Waals surface area contributed by atoms with Crippen molar-refractivity contribution < 1.29 is 4.74 Å². The zero-order valence-corrected chi connectivity index (χ0v) is 9.05. The quantitative estimate of drug-likeness (QED) is 0.464. The van der Waals surface area contributed by atoms with E-state index in [0.29, 0.717) is 11.5 Å². The van der Waals surface area contributed by atoms with Crippen LogP contribution in [0.15, 0.2) is 12.2 Å². The van der Waals surface area contributed by atoms with Crippen molar-refractivity contribution in [3.05, 3.63) is 12.2 Å². The molecule has 0 heterocycles. The second-order valence-electron chi connectivity index (χ2n) is 4.48. The normalized spacial score (nSPS) is 13.2. The van der Waals surface area contributed by atoms with Gasteiger partial charge in [0.2, 0.25) is 0 Å². The van der Waals surface area contributed by atoms with Crippen LogP contribution in [0.5, 0.6) is 0 Å². The summed E-state index contributed by atoms with van der Waals surface area (Å²) in [6.45, 7) is 11.6. The number of hydrogen-bond acceptors (Lipinski definition) is 1. The van der Waals surface area contributed by atoms with Gasteiger partial charge in [-0.3, -0.25) is 0 Å². The average molecular weight is 170 g/mol. The fourth-order valence-corrected chi connectivity index (χ4v) is 0.809. The number of allylic oxidation sites excluding steroid dienone is 1. The van der Waals surface area contributed by atoms with Gasteiger partial charge in [0.1, 0.15) is 0 Å². The van der Waals surface area contributed by atoms with Crippen molar-refractivity contribution >= 4 is 0 Å². The lowest BCUT2D eigenvalue weighted by Crippen LogP contribution is -2.03. The minimum absolute atomic E-state index is 0.303. The summed E-state index contributed by atoms with van der Waals surface area (Å²) in [4.78, 5) is 0. The standard InChI is InChI=1S/C11H22O/c1-10(2)12-9-7-6-8-11(3,4)5/h6,8,10H,7,9H2,1-5H3/b8-6+. The van der Waals surface area contributed by atoms with Crippen LogP contribution in [0, 0.1) is 5.41 Å². The molecule has 0 aromatic carbocycles. The summed E-state index contributed by atoms with van der Waals surface area (Å²) >= 11 is 0. The molecule has 0 radical (unpaired) electrons. The van der Waals surface area contributed by atoms with Crippen LogP contribution in [0.4, 0.5) is 0 Å². The van der Waals surface area contributed by atoms with Crippen molar-refractivity contribution in [3.8, 4) is 0 Å². The molecular formula is C11H22O. The first-order valence-electron chi connectivity index (χ1n) is 4.71. The van der Waals surface area contributed by atoms with Gasteiger partial charge in [0.15, 0.2) is 0 Å². The summed E-state index contributed by atoms with van der Waals surface area (Å²) in [5.41, 5.74) is 0.303. The van der Waals surface area contributed by atoms with Gasteiger partial charge >= 0.3 is 0 Å². The first-order valence-corrected chi connectivity index (χ1v) is 4.71. The van der Waals surface area contributed by atoms with Crippen LogP contribution in [0.3, 0.4) is 0 Å². The van der Waals surface area contributed by atoms with Gasteiger partial charge in [0, 0.05) is 0 Å². The van der Waals surface area contributed by atoms with Crippen LogP contribution in [-0.2, 0) is 4.74 Å². The molecule has 0 aromatic heterocycles. The lowest BCUT2D eigenvalue weighted by molar-refractivity contribution is 0.0825. The molecule has 0 aliphatic rings. The second-order valence-corrected chi connectivity index (χ2v) is 4.48. The van der Waals surface area contributed by atoms with Crippen molar-refractivity contribution in [1.29, 1.82) is 0 Å². The van der Waals surface area contributed by atoms with Crippen molar-refractivity contribution in [2.24, 2.45) is 5.41 Å². The Bertz CT molecular complexity index is 128. The minimum Gasteiger partial charge on any atom is -0.378 e. The molecule has 0 spiro atoms. The zero-order valence-electron chi connectivity index (χ0n) is 9.05. The van der Waals surface area contributed by atoms with Crippen LogP contribution < -0.4 is 0 Å². The van der Waals surface area contributed by atoms with Crippen LogP contribution >= 0.6 is 0 Å². The molecule has 1 nitrogen and oxygen atoms in total. The molecule has 0 atom stereocenters. The molecule has 0 aliphatic carbocycles. The number of hydrogen-bond donors (Lipinski definition) is 0.